The first kappa shape index (κ1) is 14.8. The fraction of sp³-hybridized carbons (Fsp3) is 0.846. The number of amides is 2. The van der Waals surface area contributed by atoms with E-state index in [1.54, 1.807) is 0 Å². The van der Waals surface area contributed by atoms with E-state index in [1.807, 2.05) is 11.8 Å². The summed E-state index contributed by atoms with van der Waals surface area (Å²) in [5.41, 5.74) is 0. The highest BCUT2D eigenvalue weighted by atomic mass is 16.4. The number of carbonyl (C=O) groups excluding carboxylic acids is 1. The summed E-state index contributed by atoms with van der Waals surface area (Å²) in [6.45, 7) is 5.75. The van der Waals surface area contributed by atoms with Crippen molar-refractivity contribution in [1.82, 2.24) is 9.80 Å². The maximum absolute atomic E-state index is 12.2. The molecule has 0 aliphatic carbocycles. The van der Waals surface area contributed by atoms with Crippen LogP contribution in [-0.2, 0) is 4.79 Å². The average molecular weight is 256 g/mol. The summed E-state index contributed by atoms with van der Waals surface area (Å²) >= 11 is 0. The Kier molecular flexibility index (Phi) is 5.95. The topological polar surface area (TPSA) is 60.9 Å². The van der Waals surface area contributed by atoms with Gasteiger partial charge in [0.2, 0.25) is 0 Å². The van der Waals surface area contributed by atoms with Crippen LogP contribution in [-0.4, -0.2) is 53.1 Å². The minimum atomic E-state index is -0.952. The van der Waals surface area contributed by atoms with Crippen molar-refractivity contribution in [2.24, 2.45) is 5.92 Å². The molecule has 1 unspecified atom stereocenters. The van der Waals surface area contributed by atoms with Crippen LogP contribution in [0.5, 0.6) is 0 Å². The number of aliphatic carboxylic acids is 1. The van der Waals surface area contributed by atoms with Crippen molar-refractivity contribution in [3.8, 4) is 0 Å². The lowest BCUT2D eigenvalue weighted by Gasteiger charge is -2.28. The highest BCUT2D eigenvalue weighted by Crippen LogP contribution is 2.20. The predicted octanol–water partition coefficient (Wildman–Crippen LogP) is 2.03. The molecule has 1 rings (SSSR count). The van der Waals surface area contributed by atoms with Crippen molar-refractivity contribution in [2.75, 3.05) is 26.2 Å². The summed E-state index contributed by atoms with van der Waals surface area (Å²) in [6, 6.07) is -0.128. The summed E-state index contributed by atoms with van der Waals surface area (Å²) in [5.74, 6) is -0.246. The second-order valence-corrected chi connectivity index (χ2v) is 4.88. The Bertz CT molecular complexity index is 294. The molecule has 1 atom stereocenters. The van der Waals surface area contributed by atoms with Gasteiger partial charge < -0.3 is 14.9 Å². The van der Waals surface area contributed by atoms with Crippen LogP contribution in [0.3, 0.4) is 0 Å². The molecule has 5 heteroatoms. The first-order valence-electron chi connectivity index (χ1n) is 6.84. The van der Waals surface area contributed by atoms with Crippen LogP contribution < -0.4 is 0 Å². The standard InChI is InChI=1S/C13H24N2O3/c1-3-11-6-5-8-15(9-7-11)13(18)14(4-2)10-12(16)17/h11H,3-10H2,1-2H3,(H,16,17). The van der Waals surface area contributed by atoms with Gasteiger partial charge in [-0.05, 0) is 32.1 Å². The van der Waals surface area contributed by atoms with Gasteiger partial charge in [0, 0.05) is 19.6 Å². The zero-order valence-electron chi connectivity index (χ0n) is 11.4. The van der Waals surface area contributed by atoms with E-state index in [4.69, 9.17) is 5.11 Å². The molecule has 0 spiro atoms. The van der Waals surface area contributed by atoms with E-state index in [0.29, 0.717) is 12.5 Å². The van der Waals surface area contributed by atoms with Crippen LogP contribution in [0.25, 0.3) is 0 Å². The number of likely N-dealkylation sites (N-methyl/N-ethyl adjacent to an activating group) is 1. The minimum Gasteiger partial charge on any atom is -0.480 e. The van der Waals surface area contributed by atoms with Gasteiger partial charge in [0.05, 0.1) is 0 Å². The Morgan fingerprint density at radius 2 is 2.00 bits per heavy atom. The highest BCUT2D eigenvalue weighted by molar-refractivity contribution is 5.80. The summed E-state index contributed by atoms with van der Waals surface area (Å²) in [6.07, 6.45) is 4.39. The monoisotopic (exact) mass is 256 g/mol. The summed E-state index contributed by atoms with van der Waals surface area (Å²) in [7, 11) is 0. The lowest BCUT2D eigenvalue weighted by atomic mass is 9.98. The summed E-state index contributed by atoms with van der Waals surface area (Å²) in [5, 5.41) is 8.79. The molecule has 0 saturated carbocycles. The Labute approximate surface area is 109 Å². The van der Waals surface area contributed by atoms with Crippen LogP contribution >= 0.6 is 0 Å². The van der Waals surface area contributed by atoms with Crippen molar-refractivity contribution in [3.05, 3.63) is 0 Å². The molecule has 0 aromatic carbocycles. The van der Waals surface area contributed by atoms with Crippen molar-refractivity contribution in [1.29, 1.82) is 0 Å². The molecule has 0 aromatic heterocycles. The molecule has 0 aromatic rings. The van der Waals surface area contributed by atoms with Crippen LogP contribution in [0.2, 0.25) is 0 Å². The molecule has 1 N–H and O–H groups in total. The Hall–Kier alpha value is -1.26. The van der Waals surface area contributed by atoms with Crippen molar-refractivity contribution < 1.29 is 14.7 Å². The molecule has 1 fully saturated rings. The first-order valence-corrected chi connectivity index (χ1v) is 6.84. The highest BCUT2D eigenvalue weighted by Gasteiger charge is 2.24. The zero-order chi connectivity index (χ0) is 13.5. The molecule has 5 nitrogen and oxygen atoms in total. The van der Waals surface area contributed by atoms with E-state index in [2.05, 4.69) is 6.92 Å². The molecular weight excluding hydrogens is 232 g/mol. The number of carboxylic acids is 1. The number of rotatable bonds is 4. The smallest absolute Gasteiger partial charge is 0.323 e. The lowest BCUT2D eigenvalue weighted by molar-refractivity contribution is -0.137. The number of carbonyl (C=O) groups is 2. The number of nitrogens with zero attached hydrogens (tertiary/aromatic N) is 2. The van der Waals surface area contributed by atoms with Gasteiger partial charge in [-0.25, -0.2) is 4.79 Å². The third-order valence-corrected chi connectivity index (χ3v) is 3.67. The molecule has 1 heterocycles. The fourth-order valence-electron chi connectivity index (χ4n) is 2.44. The Balaban J connectivity index is 2.56. The van der Waals surface area contributed by atoms with Gasteiger partial charge in [0.1, 0.15) is 6.54 Å². The van der Waals surface area contributed by atoms with E-state index >= 15 is 0 Å². The van der Waals surface area contributed by atoms with Crippen molar-refractivity contribution in [2.45, 2.75) is 39.5 Å². The van der Waals surface area contributed by atoms with Crippen molar-refractivity contribution >= 4 is 12.0 Å². The number of hydrogen-bond acceptors (Lipinski definition) is 2. The van der Waals surface area contributed by atoms with Crippen LogP contribution in [0, 0.1) is 5.92 Å². The molecule has 104 valence electrons. The van der Waals surface area contributed by atoms with Crippen LogP contribution in [0.15, 0.2) is 0 Å². The third kappa shape index (κ3) is 4.20. The van der Waals surface area contributed by atoms with Crippen LogP contribution in [0.4, 0.5) is 4.79 Å². The van der Waals surface area contributed by atoms with Gasteiger partial charge in [-0.15, -0.1) is 0 Å². The largest absolute Gasteiger partial charge is 0.480 e. The lowest BCUT2D eigenvalue weighted by Crippen LogP contribution is -2.45. The second-order valence-electron chi connectivity index (χ2n) is 4.88. The van der Waals surface area contributed by atoms with Gasteiger partial charge in [-0.3, -0.25) is 4.79 Å². The molecular formula is C13H24N2O3. The van der Waals surface area contributed by atoms with E-state index < -0.39 is 5.97 Å². The molecule has 1 saturated heterocycles. The SMILES string of the molecule is CCC1CCCN(C(=O)N(CC)CC(=O)O)CC1. The second kappa shape index (κ2) is 7.24. The van der Waals surface area contributed by atoms with E-state index in [0.717, 1.165) is 32.4 Å². The quantitative estimate of drug-likeness (QED) is 0.837. The van der Waals surface area contributed by atoms with Gasteiger partial charge >= 0.3 is 12.0 Å². The van der Waals surface area contributed by atoms with E-state index in [9.17, 15) is 9.59 Å². The van der Waals surface area contributed by atoms with Crippen LogP contribution in [0.1, 0.15) is 39.5 Å². The molecule has 1 aliphatic rings. The third-order valence-electron chi connectivity index (χ3n) is 3.67. The maximum Gasteiger partial charge on any atom is 0.323 e. The molecule has 18 heavy (non-hydrogen) atoms. The van der Waals surface area contributed by atoms with Gasteiger partial charge in [-0.2, -0.15) is 0 Å². The summed E-state index contributed by atoms with van der Waals surface area (Å²) in [4.78, 5) is 26.1. The Morgan fingerprint density at radius 1 is 1.28 bits per heavy atom. The zero-order valence-corrected chi connectivity index (χ0v) is 11.4. The van der Waals surface area contributed by atoms with Gasteiger partial charge in [0.15, 0.2) is 0 Å². The summed E-state index contributed by atoms with van der Waals surface area (Å²) < 4.78 is 0. The number of likely N-dealkylation sites (tertiary alicyclic amines) is 1. The van der Waals surface area contributed by atoms with Gasteiger partial charge in [-0.1, -0.05) is 13.3 Å². The maximum atomic E-state index is 12.2. The minimum absolute atomic E-state index is 0.128. The van der Waals surface area contributed by atoms with Gasteiger partial charge in [0.25, 0.3) is 0 Å². The first-order chi connectivity index (χ1) is 8.58. The molecule has 0 bridgehead atoms. The van der Waals surface area contributed by atoms with Crippen molar-refractivity contribution in [3.63, 3.8) is 0 Å². The predicted molar refractivity (Wildman–Crippen MR) is 69.5 cm³/mol. The fourth-order valence-corrected chi connectivity index (χ4v) is 2.44. The normalized spacial score (nSPS) is 20.3. The molecule has 1 aliphatic heterocycles. The number of hydrogen-bond donors (Lipinski definition) is 1. The molecule has 0 radical (unpaired) electrons. The van der Waals surface area contributed by atoms with E-state index in [-0.39, 0.29) is 12.6 Å². The number of urea groups is 1. The Morgan fingerprint density at radius 3 is 2.56 bits per heavy atom. The molecule has 2 amide bonds. The van der Waals surface area contributed by atoms with E-state index in [1.165, 1.54) is 11.3 Å². The number of carboxylic acid groups (broad SMARTS) is 1. The average Bonchev–Trinajstić information content (AvgIpc) is 2.60.